The molecular formula is C20H26N4O3. The highest BCUT2D eigenvalue weighted by atomic mass is 16.5. The van der Waals surface area contributed by atoms with Crippen molar-refractivity contribution in [1.82, 2.24) is 9.88 Å². The molecule has 1 aliphatic rings. The van der Waals surface area contributed by atoms with E-state index in [0.717, 1.165) is 39.4 Å². The molecule has 7 heteroatoms. The van der Waals surface area contributed by atoms with Gasteiger partial charge in [0.05, 0.1) is 25.5 Å². The smallest absolute Gasteiger partial charge is 0.255 e. The highest BCUT2D eigenvalue weighted by molar-refractivity contribution is 6.05. The van der Waals surface area contributed by atoms with Gasteiger partial charge in [0.2, 0.25) is 0 Å². The molecule has 1 aliphatic heterocycles. The summed E-state index contributed by atoms with van der Waals surface area (Å²) in [5.74, 6) is 1.15. The van der Waals surface area contributed by atoms with Gasteiger partial charge >= 0.3 is 0 Å². The van der Waals surface area contributed by atoms with Gasteiger partial charge in [-0.2, -0.15) is 0 Å². The first kappa shape index (κ1) is 19.1. The molecule has 1 amide bonds. The van der Waals surface area contributed by atoms with Crippen LogP contribution in [0.3, 0.4) is 0 Å². The molecule has 1 saturated heterocycles. The van der Waals surface area contributed by atoms with E-state index in [1.54, 1.807) is 18.3 Å². The maximum absolute atomic E-state index is 12.6. The zero-order valence-electron chi connectivity index (χ0n) is 15.6. The first-order valence-electron chi connectivity index (χ1n) is 9.29. The van der Waals surface area contributed by atoms with Crippen LogP contribution in [0.4, 0.5) is 11.5 Å². The van der Waals surface area contributed by atoms with Gasteiger partial charge in [-0.05, 0) is 31.2 Å². The SMILES string of the molecule is CCOc1ccccc1NC(=O)c1ccnc(NCCN2CCOCC2)c1. The number of aromatic nitrogens is 1. The number of hydrogen-bond donors (Lipinski definition) is 2. The summed E-state index contributed by atoms with van der Waals surface area (Å²) >= 11 is 0. The Labute approximate surface area is 159 Å². The van der Waals surface area contributed by atoms with E-state index in [-0.39, 0.29) is 5.91 Å². The molecule has 0 spiro atoms. The van der Waals surface area contributed by atoms with Gasteiger partial charge < -0.3 is 20.1 Å². The molecule has 0 unspecified atom stereocenters. The number of hydrogen-bond acceptors (Lipinski definition) is 6. The number of morpholine rings is 1. The fourth-order valence-corrected chi connectivity index (χ4v) is 2.88. The number of nitrogens with one attached hydrogen (secondary N) is 2. The third kappa shape index (κ3) is 5.67. The van der Waals surface area contributed by atoms with Crippen LogP contribution in [0.15, 0.2) is 42.6 Å². The van der Waals surface area contributed by atoms with Crippen molar-refractivity contribution in [2.75, 3.05) is 56.6 Å². The second kappa shape index (κ2) is 9.89. The normalized spacial score (nSPS) is 14.6. The second-order valence-corrected chi connectivity index (χ2v) is 6.19. The number of carbonyl (C=O) groups is 1. The van der Waals surface area contributed by atoms with Gasteiger partial charge in [0.25, 0.3) is 5.91 Å². The number of rotatable bonds is 8. The quantitative estimate of drug-likeness (QED) is 0.744. The lowest BCUT2D eigenvalue weighted by atomic mass is 10.2. The number of pyridine rings is 1. The molecule has 2 heterocycles. The lowest BCUT2D eigenvalue weighted by molar-refractivity contribution is 0.0398. The van der Waals surface area contributed by atoms with Crippen LogP contribution in [0, 0.1) is 0 Å². The van der Waals surface area contributed by atoms with Gasteiger partial charge in [0.15, 0.2) is 0 Å². The highest BCUT2D eigenvalue weighted by Gasteiger charge is 2.12. The summed E-state index contributed by atoms with van der Waals surface area (Å²) in [6, 6.07) is 10.9. The monoisotopic (exact) mass is 370 g/mol. The summed E-state index contributed by atoms with van der Waals surface area (Å²) in [6.45, 7) is 7.63. The molecule has 27 heavy (non-hydrogen) atoms. The predicted octanol–water partition coefficient (Wildman–Crippen LogP) is 2.48. The van der Waals surface area contributed by atoms with Crippen molar-refractivity contribution in [3.05, 3.63) is 48.2 Å². The zero-order chi connectivity index (χ0) is 18.9. The fraction of sp³-hybridized carbons (Fsp3) is 0.400. The molecular weight excluding hydrogens is 344 g/mol. The Morgan fingerprint density at radius 3 is 2.89 bits per heavy atom. The van der Waals surface area contributed by atoms with Gasteiger partial charge in [-0.25, -0.2) is 4.98 Å². The Kier molecular flexibility index (Phi) is 7.01. The van der Waals surface area contributed by atoms with Crippen LogP contribution < -0.4 is 15.4 Å². The molecule has 0 saturated carbocycles. The number of ether oxygens (including phenoxy) is 2. The summed E-state index contributed by atoms with van der Waals surface area (Å²) in [6.07, 6.45) is 1.64. The van der Waals surface area contributed by atoms with E-state index in [0.29, 0.717) is 29.4 Å². The lowest BCUT2D eigenvalue weighted by Crippen LogP contribution is -2.39. The molecule has 1 aromatic heterocycles. The van der Waals surface area contributed by atoms with Crippen molar-refractivity contribution in [1.29, 1.82) is 0 Å². The van der Waals surface area contributed by atoms with E-state index in [1.807, 2.05) is 31.2 Å². The number of amides is 1. The van der Waals surface area contributed by atoms with E-state index in [1.165, 1.54) is 0 Å². The summed E-state index contributed by atoms with van der Waals surface area (Å²) in [5.41, 5.74) is 1.20. The Bertz CT molecular complexity index is 748. The maximum atomic E-state index is 12.6. The molecule has 0 atom stereocenters. The molecule has 1 aromatic carbocycles. The third-order valence-electron chi connectivity index (χ3n) is 4.30. The number of benzene rings is 1. The van der Waals surface area contributed by atoms with Crippen molar-refractivity contribution < 1.29 is 14.3 Å². The Morgan fingerprint density at radius 2 is 2.07 bits per heavy atom. The highest BCUT2D eigenvalue weighted by Crippen LogP contribution is 2.24. The molecule has 2 aromatic rings. The van der Waals surface area contributed by atoms with Crippen LogP contribution in [0.25, 0.3) is 0 Å². The second-order valence-electron chi connectivity index (χ2n) is 6.19. The van der Waals surface area contributed by atoms with Crippen LogP contribution in [0.1, 0.15) is 17.3 Å². The summed E-state index contributed by atoms with van der Waals surface area (Å²) in [4.78, 5) is 19.2. The summed E-state index contributed by atoms with van der Waals surface area (Å²) in [7, 11) is 0. The largest absolute Gasteiger partial charge is 0.492 e. The fourth-order valence-electron chi connectivity index (χ4n) is 2.88. The van der Waals surface area contributed by atoms with Crippen molar-refractivity contribution >= 4 is 17.4 Å². The van der Waals surface area contributed by atoms with Crippen LogP contribution in [-0.4, -0.2) is 61.8 Å². The molecule has 0 bridgehead atoms. The van der Waals surface area contributed by atoms with Gasteiger partial charge in [-0.15, -0.1) is 0 Å². The minimum Gasteiger partial charge on any atom is -0.492 e. The van der Waals surface area contributed by atoms with Crippen LogP contribution in [0.5, 0.6) is 5.75 Å². The number of nitrogens with zero attached hydrogens (tertiary/aromatic N) is 2. The average molecular weight is 370 g/mol. The van der Waals surface area contributed by atoms with E-state index in [4.69, 9.17) is 9.47 Å². The molecule has 144 valence electrons. The van der Waals surface area contributed by atoms with Gasteiger partial charge in [0.1, 0.15) is 11.6 Å². The van der Waals surface area contributed by atoms with Crippen molar-refractivity contribution in [3.63, 3.8) is 0 Å². The third-order valence-corrected chi connectivity index (χ3v) is 4.30. The first-order chi connectivity index (χ1) is 13.3. The predicted molar refractivity (Wildman–Crippen MR) is 106 cm³/mol. The van der Waals surface area contributed by atoms with Crippen LogP contribution in [-0.2, 0) is 4.74 Å². The van der Waals surface area contributed by atoms with E-state index < -0.39 is 0 Å². The summed E-state index contributed by atoms with van der Waals surface area (Å²) in [5, 5.41) is 6.19. The minimum absolute atomic E-state index is 0.194. The Balaban J connectivity index is 1.57. The lowest BCUT2D eigenvalue weighted by Gasteiger charge is -2.26. The number of carbonyl (C=O) groups excluding carboxylic acids is 1. The number of anilines is 2. The molecule has 3 rings (SSSR count). The maximum Gasteiger partial charge on any atom is 0.255 e. The van der Waals surface area contributed by atoms with Gasteiger partial charge in [0, 0.05) is 37.9 Å². The molecule has 0 aliphatic carbocycles. The average Bonchev–Trinajstić information content (AvgIpc) is 2.71. The van der Waals surface area contributed by atoms with E-state index in [9.17, 15) is 4.79 Å². The van der Waals surface area contributed by atoms with E-state index in [2.05, 4.69) is 20.5 Å². The Hall–Kier alpha value is -2.64. The van der Waals surface area contributed by atoms with Gasteiger partial charge in [-0.1, -0.05) is 12.1 Å². The molecule has 7 nitrogen and oxygen atoms in total. The number of para-hydroxylation sites is 2. The molecule has 1 fully saturated rings. The molecule has 0 radical (unpaired) electrons. The Morgan fingerprint density at radius 1 is 1.26 bits per heavy atom. The van der Waals surface area contributed by atoms with E-state index >= 15 is 0 Å². The zero-order valence-corrected chi connectivity index (χ0v) is 15.6. The van der Waals surface area contributed by atoms with Crippen molar-refractivity contribution in [2.45, 2.75) is 6.92 Å². The van der Waals surface area contributed by atoms with Gasteiger partial charge in [-0.3, -0.25) is 9.69 Å². The molecule has 2 N–H and O–H groups in total. The van der Waals surface area contributed by atoms with Crippen LogP contribution >= 0.6 is 0 Å². The standard InChI is InChI=1S/C20H26N4O3/c1-2-27-18-6-4-3-5-17(18)23-20(25)16-7-8-21-19(15-16)22-9-10-24-11-13-26-14-12-24/h3-8,15H,2,9-14H2,1H3,(H,21,22)(H,23,25). The van der Waals surface area contributed by atoms with Crippen LogP contribution in [0.2, 0.25) is 0 Å². The minimum atomic E-state index is -0.194. The summed E-state index contributed by atoms with van der Waals surface area (Å²) < 4.78 is 10.9. The van der Waals surface area contributed by atoms with Crippen molar-refractivity contribution in [2.24, 2.45) is 0 Å². The van der Waals surface area contributed by atoms with Crippen molar-refractivity contribution in [3.8, 4) is 5.75 Å². The first-order valence-corrected chi connectivity index (χ1v) is 9.29. The topological polar surface area (TPSA) is 75.7 Å².